The molecule has 114 valence electrons. The van der Waals surface area contributed by atoms with Gasteiger partial charge in [-0.05, 0) is 12.8 Å². The number of carbonyl (C=O) groups excluding carboxylic acids is 2. The first kappa shape index (κ1) is 15.7. The molecule has 3 rings (SSSR count). The van der Waals surface area contributed by atoms with E-state index in [9.17, 15) is 14.9 Å². The number of carbonyl (C=O) groups is 2. The van der Waals surface area contributed by atoms with Crippen LogP contribution in [0.3, 0.4) is 0 Å². The topological polar surface area (TPSA) is 85.6 Å². The van der Waals surface area contributed by atoms with Crippen LogP contribution in [0, 0.1) is 29.1 Å². The van der Waals surface area contributed by atoms with Gasteiger partial charge in [-0.25, -0.2) is 0 Å². The van der Waals surface area contributed by atoms with Gasteiger partial charge in [-0.3, -0.25) is 9.59 Å². The van der Waals surface area contributed by atoms with Gasteiger partial charge in [0.15, 0.2) is 0 Å². The molecule has 0 saturated heterocycles. The molecule has 0 aromatic carbocycles. The third kappa shape index (κ3) is 2.37. The highest BCUT2D eigenvalue weighted by Gasteiger charge is 2.59. The van der Waals surface area contributed by atoms with Crippen LogP contribution in [-0.2, 0) is 23.8 Å². The lowest BCUT2D eigenvalue weighted by atomic mass is 9.61. The number of hydrogen-bond acceptors (Lipinski definition) is 6. The summed E-state index contributed by atoms with van der Waals surface area (Å²) < 4.78 is 15.4. The minimum atomic E-state index is -1.34. The lowest BCUT2D eigenvalue weighted by Gasteiger charge is -2.49. The Labute approximate surface area is 123 Å². The molecule has 0 aliphatic heterocycles. The van der Waals surface area contributed by atoms with E-state index in [-0.39, 0.29) is 30.0 Å². The lowest BCUT2D eigenvalue weighted by Crippen LogP contribution is -2.60. The van der Waals surface area contributed by atoms with Gasteiger partial charge in [0.05, 0.1) is 25.0 Å². The number of esters is 1. The third-order valence-electron chi connectivity index (χ3n) is 4.49. The van der Waals surface area contributed by atoms with Gasteiger partial charge in [0.2, 0.25) is 11.6 Å². The fourth-order valence-electron chi connectivity index (χ4n) is 3.38. The first-order chi connectivity index (χ1) is 10.0. The average molecular weight is 293 g/mol. The Morgan fingerprint density at radius 3 is 2.62 bits per heavy atom. The molecule has 6 heteroatoms. The van der Waals surface area contributed by atoms with E-state index in [1.54, 1.807) is 0 Å². The quantitative estimate of drug-likeness (QED) is 0.430. The summed E-state index contributed by atoms with van der Waals surface area (Å²) in [6, 6.07) is 2.18. The minimum absolute atomic E-state index is 0.211. The second kappa shape index (κ2) is 5.96. The van der Waals surface area contributed by atoms with Gasteiger partial charge >= 0.3 is 5.97 Å². The van der Waals surface area contributed by atoms with E-state index < -0.39 is 11.7 Å². The fraction of sp³-hybridized carbons (Fsp3) is 0.667. The maximum Gasteiger partial charge on any atom is 0.305 e. The van der Waals surface area contributed by atoms with Gasteiger partial charge in [-0.2, -0.15) is 5.26 Å². The van der Waals surface area contributed by atoms with Gasteiger partial charge in [-0.1, -0.05) is 11.6 Å². The minimum Gasteiger partial charge on any atom is -0.469 e. The second-order valence-electron chi connectivity index (χ2n) is 5.31. The molecule has 3 aliphatic rings. The van der Waals surface area contributed by atoms with Crippen LogP contribution in [0.5, 0.6) is 0 Å². The van der Waals surface area contributed by atoms with E-state index in [0.29, 0.717) is 12.8 Å². The van der Waals surface area contributed by atoms with Crippen molar-refractivity contribution in [2.45, 2.75) is 25.0 Å². The van der Waals surface area contributed by atoms with Crippen LogP contribution in [0.4, 0.5) is 0 Å². The summed E-state index contributed by atoms with van der Waals surface area (Å²) in [7, 11) is 4.20. The summed E-state index contributed by atoms with van der Waals surface area (Å²) in [6.45, 7) is 0. The standard InChI is InChI=1S/C15H19NO5/c1-19-13(17)5-4-9-6-11-10(8-16)7-12(9)15(20-2,21-3)14(11)18/h6,10-12H,4-5,7H2,1-3H3. The van der Waals surface area contributed by atoms with Crippen molar-refractivity contribution in [3.05, 3.63) is 11.6 Å². The first-order valence-corrected chi connectivity index (χ1v) is 6.85. The molecule has 3 unspecified atom stereocenters. The largest absolute Gasteiger partial charge is 0.469 e. The number of nitrogens with zero attached hydrogens (tertiary/aromatic N) is 1. The van der Waals surface area contributed by atoms with Crippen molar-refractivity contribution in [3.63, 3.8) is 0 Å². The van der Waals surface area contributed by atoms with Crippen molar-refractivity contribution >= 4 is 11.8 Å². The molecule has 3 atom stereocenters. The number of ketones is 1. The van der Waals surface area contributed by atoms with Gasteiger partial charge in [-0.15, -0.1) is 0 Å². The molecule has 2 bridgehead atoms. The van der Waals surface area contributed by atoms with Crippen molar-refractivity contribution in [1.82, 2.24) is 0 Å². The van der Waals surface area contributed by atoms with E-state index in [2.05, 4.69) is 10.8 Å². The van der Waals surface area contributed by atoms with E-state index in [0.717, 1.165) is 5.57 Å². The number of fused-ring (bicyclic) bond motifs is 2. The number of ether oxygens (including phenoxy) is 3. The van der Waals surface area contributed by atoms with Crippen molar-refractivity contribution in [2.75, 3.05) is 21.3 Å². The number of hydrogen-bond donors (Lipinski definition) is 0. The molecule has 6 nitrogen and oxygen atoms in total. The molecule has 0 heterocycles. The van der Waals surface area contributed by atoms with E-state index >= 15 is 0 Å². The molecule has 0 spiro atoms. The zero-order valence-corrected chi connectivity index (χ0v) is 12.4. The highest BCUT2D eigenvalue weighted by Crippen LogP contribution is 2.50. The van der Waals surface area contributed by atoms with Crippen molar-refractivity contribution in [3.8, 4) is 6.07 Å². The highest BCUT2D eigenvalue weighted by molar-refractivity contribution is 5.93. The SMILES string of the molecule is COC(=O)CCC1=CC2C(=O)C(OC)(OC)C1CC2C#N. The summed E-state index contributed by atoms with van der Waals surface area (Å²) in [6.07, 6.45) is 3.03. The number of Topliss-reactive ketones (excluding diaryl/α,β-unsaturated/α-hetero) is 1. The molecular formula is C15H19NO5. The summed E-state index contributed by atoms with van der Waals surface area (Å²) in [5, 5.41) is 9.20. The first-order valence-electron chi connectivity index (χ1n) is 6.85. The van der Waals surface area contributed by atoms with Gasteiger partial charge < -0.3 is 14.2 Å². The molecule has 1 fully saturated rings. The molecule has 0 aromatic heterocycles. The summed E-state index contributed by atoms with van der Waals surface area (Å²) in [4.78, 5) is 23.9. The van der Waals surface area contributed by atoms with Crippen LogP contribution in [0.2, 0.25) is 0 Å². The van der Waals surface area contributed by atoms with Crippen LogP contribution in [0.15, 0.2) is 11.6 Å². The molecule has 0 radical (unpaired) electrons. The maximum absolute atomic E-state index is 12.5. The molecule has 21 heavy (non-hydrogen) atoms. The molecule has 3 aliphatic carbocycles. The Morgan fingerprint density at radius 1 is 1.43 bits per heavy atom. The van der Waals surface area contributed by atoms with E-state index in [1.807, 2.05) is 6.08 Å². The zero-order chi connectivity index (χ0) is 15.6. The smallest absolute Gasteiger partial charge is 0.305 e. The zero-order valence-electron chi connectivity index (χ0n) is 12.4. The van der Waals surface area contributed by atoms with Gasteiger partial charge in [0, 0.05) is 26.6 Å². The molecule has 1 saturated carbocycles. The van der Waals surface area contributed by atoms with Crippen LogP contribution < -0.4 is 0 Å². The Hall–Kier alpha value is -1.71. The predicted molar refractivity (Wildman–Crippen MR) is 71.8 cm³/mol. The third-order valence-corrected chi connectivity index (χ3v) is 4.49. The van der Waals surface area contributed by atoms with Crippen LogP contribution in [0.25, 0.3) is 0 Å². The lowest BCUT2D eigenvalue weighted by molar-refractivity contribution is -0.240. The van der Waals surface area contributed by atoms with E-state index in [1.165, 1.54) is 21.3 Å². The number of nitriles is 1. The van der Waals surface area contributed by atoms with Gasteiger partial charge in [0.25, 0.3) is 0 Å². The Kier molecular flexibility index (Phi) is 4.45. The Bertz CT molecular complexity index is 515. The Morgan fingerprint density at radius 2 is 2.10 bits per heavy atom. The Balaban J connectivity index is 2.31. The fourth-order valence-corrected chi connectivity index (χ4v) is 3.38. The van der Waals surface area contributed by atoms with Gasteiger partial charge in [0.1, 0.15) is 0 Å². The molecular weight excluding hydrogens is 274 g/mol. The number of methoxy groups -OCH3 is 3. The molecule has 0 N–H and O–H groups in total. The summed E-state index contributed by atoms with van der Waals surface area (Å²) in [5.41, 5.74) is 0.931. The van der Waals surface area contributed by atoms with Crippen LogP contribution in [-0.4, -0.2) is 38.9 Å². The summed E-state index contributed by atoms with van der Waals surface area (Å²) >= 11 is 0. The normalized spacial score (nSPS) is 29.7. The maximum atomic E-state index is 12.5. The van der Waals surface area contributed by atoms with Crippen LogP contribution in [0.1, 0.15) is 19.3 Å². The van der Waals surface area contributed by atoms with Crippen LogP contribution >= 0.6 is 0 Å². The second-order valence-corrected chi connectivity index (χ2v) is 5.31. The number of rotatable bonds is 5. The summed E-state index contributed by atoms with van der Waals surface area (Å²) in [5.74, 6) is -3.08. The molecule has 0 amide bonds. The highest BCUT2D eigenvalue weighted by atomic mass is 16.7. The average Bonchev–Trinajstić information content (AvgIpc) is 2.53. The molecule has 0 aromatic rings. The predicted octanol–water partition coefficient (Wildman–Crippen LogP) is 1.21. The van der Waals surface area contributed by atoms with Crippen molar-refractivity contribution < 1.29 is 23.8 Å². The number of allylic oxidation sites excluding steroid dienone is 1. The van der Waals surface area contributed by atoms with Crippen molar-refractivity contribution in [1.29, 1.82) is 5.26 Å². The monoisotopic (exact) mass is 293 g/mol. The van der Waals surface area contributed by atoms with Crippen molar-refractivity contribution in [2.24, 2.45) is 17.8 Å². The van der Waals surface area contributed by atoms with E-state index in [4.69, 9.17) is 9.47 Å².